The molecule has 0 radical (unpaired) electrons. The molecule has 3 aromatic rings. The highest BCUT2D eigenvalue weighted by Crippen LogP contribution is 2.23. The molecule has 0 aliphatic rings. The Labute approximate surface area is 157 Å². The molecule has 0 atom stereocenters. The van der Waals surface area contributed by atoms with E-state index in [0.29, 0.717) is 23.5 Å². The third-order valence-corrected chi connectivity index (χ3v) is 3.94. The van der Waals surface area contributed by atoms with Crippen LogP contribution in [0.2, 0.25) is 0 Å². The monoisotopic (exact) mass is 357 g/mol. The lowest BCUT2D eigenvalue weighted by Crippen LogP contribution is -2.06. The van der Waals surface area contributed by atoms with Gasteiger partial charge in [0.05, 0.1) is 17.3 Å². The molecule has 0 spiro atoms. The third kappa shape index (κ3) is 4.95. The molecule has 0 bridgehead atoms. The van der Waals surface area contributed by atoms with Gasteiger partial charge in [0, 0.05) is 0 Å². The van der Waals surface area contributed by atoms with Crippen LogP contribution in [0.3, 0.4) is 0 Å². The van der Waals surface area contributed by atoms with Crippen LogP contribution >= 0.6 is 0 Å². The second kappa shape index (κ2) is 8.68. The minimum absolute atomic E-state index is 0.104. The molecular weight excluding hydrogens is 340 g/mol. The molecule has 0 heterocycles. The number of hydrogen-bond acceptors (Lipinski definition) is 5. The molecule has 0 saturated heterocycles. The molecule has 27 heavy (non-hydrogen) atoms. The molecule has 0 aromatic heterocycles. The molecule has 0 aliphatic carbocycles. The van der Waals surface area contributed by atoms with E-state index in [2.05, 4.69) is 6.07 Å². The van der Waals surface area contributed by atoms with Gasteiger partial charge >= 0.3 is 0 Å². The van der Waals surface area contributed by atoms with Crippen LogP contribution in [0.25, 0.3) is 11.6 Å². The molecule has 0 amide bonds. The lowest BCUT2D eigenvalue weighted by molar-refractivity contribution is 0.296. The normalized spacial score (nSPS) is 10.9. The van der Waals surface area contributed by atoms with Gasteiger partial charge in [0.2, 0.25) is 0 Å². The van der Waals surface area contributed by atoms with Gasteiger partial charge in [-0.2, -0.15) is 5.26 Å². The van der Waals surface area contributed by atoms with Gasteiger partial charge in [-0.15, -0.1) is 0 Å². The van der Waals surface area contributed by atoms with Crippen molar-refractivity contribution in [2.24, 2.45) is 0 Å². The van der Waals surface area contributed by atoms with Crippen LogP contribution in [0, 0.1) is 16.5 Å². The van der Waals surface area contributed by atoms with Crippen LogP contribution in [0.4, 0.5) is 5.69 Å². The Morgan fingerprint density at radius 3 is 2.44 bits per heavy atom. The number of ether oxygens (including phenoxy) is 1. The summed E-state index contributed by atoms with van der Waals surface area (Å²) < 4.78 is 5.82. The lowest BCUT2D eigenvalue weighted by Gasteiger charge is -2.21. The van der Waals surface area contributed by atoms with E-state index in [1.807, 2.05) is 54.6 Å². The zero-order valence-electron chi connectivity index (χ0n) is 14.4. The first-order valence-corrected chi connectivity index (χ1v) is 8.31. The fraction of sp³-hybridized carbons (Fsp3) is 0.0455. The van der Waals surface area contributed by atoms with E-state index in [9.17, 15) is 10.5 Å². The van der Waals surface area contributed by atoms with E-state index >= 15 is 0 Å². The van der Waals surface area contributed by atoms with Gasteiger partial charge in [-0.1, -0.05) is 54.6 Å². The summed E-state index contributed by atoms with van der Waals surface area (Å²) in [5, 5.41) is 29.0. The molecule has 5 nitrogen and oxygen atoms in total. The van der Waals surface area contributed by atoms with Crippen LogP contribution in [-0.2, 0) is 6.61 Å². The number of rotatable bonds is 6. The van der Waals surface area contributed by atoms with Crippen molar-refractivity contribution in [2.45, 2.75) is 6.61 Å². The van der Waals surface area contributed by atoms with Crippen molar-refractivity contribution < 1.29 is 9.94 Å². The van der Waals surface area contributed by atoms with Crippen molar-refractivity contribution in [3.8, 4) is 11.8 Å². The van der Waals surface area contributed by atoms with Gasteiger partial charge in [-0.05, 0) is 47.0 Å². The van der Waals surface area contributed by atoms with Crippen LogP contribution < -0.4 is 9.96 Å². The maximum atomic E-state index is 10.9. The van der Waals surface area contributed by atoms with Crippen molar-refractivity contribution in [3.05, 3.63) is 101 Å². The molecule has 0 aliphatic heterocycles. The summed E-state index contributed by atoms with van der Waals surface area (Å²) in [5.74, 6) is 0.711. The molecule has 3 aromatic carbocycles. The standard InChI is InChI=1S/C22H17N2O3/c23-15-20(19-9-11-21(12-10-19)24(25)26)13-18-7-4-8-22(14-18)27-16-17-5-2-1-3-6-17/h1-14,25H,16H2/q-1/b20-13-. The van der Waals surface area contributed by atoms with Crippen LogP contribution in [0.5, 0.6) is 5.75 Å². The fourth-order valence-electron chi connectivity index (χ4n) is 2.55. The maximum absolute atomic E-state index is 10.9. The Hall–Kier alpha value is -3.59. The highest BCUT2D eigenvalue weighted by Gasteiger charge is 2.03. The van der Waals surface area contributed by atoms with Gasteiger partial charge in [-0.25, -0.2) is 0 Å². The van der Waals surface area contributed by atoms with Crippen LogP contribution in [-0.4, -0.2) is 5.21 Å². The van der Waals surface area contributed by atoms with Crippen LogP contribution in [0.1, 0.15) is 16.7 Å². The van der Waals surface area contributed by atoms with Crippen molar-refractivity contribution in [1.29, 1.82) is 5.26 Å². The Kier molecular flexibility index (Phi) is 5.85. The second-order valence-corrected chi connectivity index (χ2v) is 5.84. The van der Waals surface area contributed by atoms with E-state index in [1.54, 1.807) is 18.2 Å². The molecule has 1 N–H and O–H groups in total. The van der Waals surface area contributed by atoms with Gasteiger partial charge in [0.15, 0.2) is 0 Å². The summed E-state index contributed by atoms with van der Waals surface area (Å²) in [6.07, 6.45) is 1.75. The fourth-order valence-corrected chi connectivity index (χ4v) is 2.55. The lowest BCUT2D eigenvalue weighted by atomic mass is 10.0. The summed E-state index contributed by atoms with van der Waals surface area (Å²) in [4.78, 5) is 0. The first-order valence-electron chi connectivity index (χ1n) is 8.31. The van der Waals surface area contributed by atoms with E-state index < -0.39 is 0 Å². The predicted octanol–water partition coefficient (Wildman–Crippen LogP) is 5.02. The topological polar surface area (TPSA) is 79.5 Å². The van der Waals surface area contributed by atoms with E-state index in [0.717, 1.165) is 11.1 Å². The molecule has 134 valence electrons. The molecule has 3 rings (SSSR count). The number of hydrogen-bond donors (Lipinski definition) is 1. The number of nitrogens with zero attached hydrogens (tertiary/aromatic N) is 2. The minimum atomic E-state index is -0.215. The Morgan fingerprint density at radius 2 is 1.78 bits per heavy atom. The van der Waals surface area contributed by atoms with Gasteiger partial charge in [0.1, 0.15) is 12.4 Å². The zero-order chi connectivity index (χ0) is 19.1. The number of anilines is 1. The smallest absolute Gasteiger partial charge is 0.120 e. The molecule has 0 fully saturated rings. The largest absolute Gasteiger partial charge is 0.733 e. The highest BCUT2D eigenvalue weighted by molar-refractivity contribution is 5.90. The summed E-state index contributed by atoms with van der Waals surface area (Å²) in [6, 6.07) is 25.6. The first-order chi connectivity index (χ1) is 13.2. The summed E-state index contributed by atoms with van der Waals surface area (Å²) in [6.45, 7) is 0.466. The SMILES string of the molecule is N#C/C(=C/c1cccc(OCc2ccccc2)c1)c1ccc(N([O-])O)cc1. The van der Waals surface area contributed by atoms with E-state index in [4.69, 9.17) is 9.94 Å². The highest BCUT2D eigenvalue weighted by atomic mass is 16.8. The second-order valence-electron chi connectivity index (χ2n) is 5.84. The van der Waals surface area contributed by atoms with Crippen LogP contribution in [0.15, 0.2) is 78.9 Å². The number of nitriles is 1. The number of benzene rings is 3. The summed E-state index contributed by atoms with van der Waals surface area (Å²) in [7, 11) is 0. The summed E-state index contributed by atoms with van der Waals surface area (Å²) in [5.41, 5.74) is 3.10. The number of allylic oxidation sites excluding steroid dienone is 1. The summed E-state index contributed by atoms with van der Waals surface area (Å²) >= 11 is 0. The molecular formula is C22H17N2O3-. The van der Waals surface area contributed by atoms with Gasteiger partial charge < -0.3 is 15.2 Å². The maximum Gasteiger partial charge on any atom is 0.120 e. The van der Waals surface area contributed by atoms with E-state index in [-0.39, 0.29) is 10.9 Å². The molecule has 0 unspecified atom stereocenters. The van der Waals surface area contributed by atoms with Crippen molar-refractivity contribution in [3.63, 3.8) is 0 Å². The Bertz CT molecular complexity index is 959. The average molecular weight is 357 g/mol. The van der Waals surface area contributed by atoms with Crippen molar-refractivity contribution in [2.75, 3.05) is 5.23 Å². The minimum Gasteiger partial charge on any atom is -0.733 e. The van der Waals surface area contributed by atoms with Crippen molar-refractivity contribution in [1.82, 2.24) is 0 Å². The zero-order valence-corrected chi connectivity index (χ0v) is 14.4. The van der Waals surface area contributed by atoms with Crippen molar-refractivity contribution >= 4 is 17.3 Å². The Morgan fingerprint density at radius 1 is 1.04 bits per heavy atom. The third-order valence-electron chi connectivity index (χ3n) is 3.94. The first kappa shape index (κ1) is 18.2. The quantitative estimate of drug-likeness (QED) is 0.380. The average Bonchev–Trinajstić information content (AvgIpc) is 2.71. The van der Waals surface area contributed by atoms with Gasteiger partial charge in [0.25, 0.3) is 0 Å². The Balaban J connectivity index is 1.77. The predicted molar refractivity (Wildman–Crippen MR) is 105 cm³/mol. The van der Waals surface area contributed by atoms with Gasteiger partial charge in [-0.3, -0.25) is 5.21 Å². The molecule has 0 saturated carbocycles. The van der Waals surface area contributed by atoms with E-state index in [1.165, 1.54) is 12.1 Å². The molecule has 5 heteroatoms.